The quantitative estimate of drug-likeness (QED) is 0.590. The Hall–Kier alpha value is -1.37. The number of alkyl halides is 3. The van der Waals surface area contributed by atoms with Crippen LogP contribution in [0.5, 0.6) is 0 Å². The molecule has 1 atom stereocenters. The Morgan fingerprint density at radius 2 is 1.90 bits per heavy atom. The van der Waals surface area contributed by atoms with E-state index in [1.54, 1.807) is 6.26 Å². The summed E-state index contributed by atoms with van der Waals surface area (Å²) >= 11 is 1.42. The van der Waals surface area contributed by atoms with Crippen LogP contribution in [0.3, 0.4) is 0 Å². The van der Waals surface area contributed by atoms with Gasteiger partial charge in [-0.3, -0.25) is 9.69 Å². The largest absolute Gasteiger partial charge is 0.401 e. The molecule has 1 unspecified atom stereocenters. The van der Waals surface area contributed by atoms with Crippen molar-refractivity contribution in [2.45, 2.75) is 30.0 Å². The van der Waals surface area contributed by atoms with Crippen molar-refractivity contribution in [3.8, 4) is 0 Å². The maximum atomic E-state index is 14.0. The number of carbonyl (C=O) groups excluding carboxylic acids is 1. The van der Waals surface area contributed by atoms with Crippen molar-refractivity contribution in [1.82, 2.24) is 14.5 Å². The van der Waals surface area contributed by atoms with E-state index >= 15 is 0 Å². The maximum absolute atomic E-state index is 14.0. The van der Waals surface area contributed by atoms with Gasteiger partial charge in [-0.1, -0.05) is 12.1 Å². The number of thioether (sulfide) groups is 1. The number of nitrogens with one attached hydrogen (secondary N) is 1. The van der Waals surface area contributed by atoms with Crippen LogP contribution in [0.15, 0.2) is 29.2 Å². The van der Waals surface area contributed by atoms with E-state index in [9.17, 15) is 30.8 Å². The summed E-state index contributed by atoms with van der Waals surface area (Å²) in [5.74, 6) is -0.971. The molecule has 1 fully saturated rings. The van der Waals surface area contributed by atoms with Gasteiger partial charge in [0.05, 0.1) is 6.54 Å². The van der Waals surface area contributed by atoms with Crippen molar-refractivity contribution >= 4 is 27.7 Å². The number of sulfonamides is 1. The molecule has 0 aromatic heterocycles. The minimum absolute atomic E-state index is 0.0422. The molecule has 1 heterocycles. The van der Waals surface area contributed by atoms with Crippen LogP contribution < -0.4 is 4.72 Å². The van der Waals surface area contributed by atoms with Gasteiger partial charge in [-0.2, -0.15) is 29.7 Å². The molecule has 170 valence electrons. The van der Waals surface area contributed by atoms with Crippen LogP contribution >= 0.6 is 11.8 Å². The van der Waals surface area contributed by atoms with Gasteiger partial charge in [0.2, 0.25) is 15.9 Å². The fourth-order valence-electron chi connectivity index (χ4n) is 3.21. The molecular formula is C18H25F4N3O3S2. The number of carbonyl (C=O) groups is 1. The number of rotatable bonds is 8. The number of hydrogen-bond acceptors (Lipinski definition) is 5. The lowest BCUT2D eigenvalue weighted by molar-refractivity contribution is -0.145. The molecule has 0 saturated carbocycles. The standard InChI is InChI=1S/C18H25F4N3O3S2/c1-29-12-7-15(23-30(27,28)16-6-3-2-5-14(16)19)17(26)25-9-4-8-24(10-11-25)13-18(20,21)22/h2-3,5-6,15,23H,4,7-13H2,1H3. The van der Waals surface area contributed by atoms with Crippen LogP contribution in [-0.4, -0.2) is 81.1 Å². The van der Waals surface area contributed by atoms with Crippen molar-refractivity contribution in [3.63, 3.8) is 0 Å². The molecular weight excluding hydrogens is 446 g/mol. The van der Waals surface area contributed by atoms with Gasteiger partial charge in [-0.25, -0.2) is 12.8 Å². The Kier molecular flexibility index (Phi) is 8.95. The highest BCUT2D eigenvalue weighted by molar-refractivity contribution is 7.98. The molecule has 6 nitrogen and oxygen atoms in total. The third-order valence-electron chi connectivity index (χ3n) is 4.64. The Labute approximate surface area is 178 Å². The second-order valence-electron chi connectivity index (χ2n) is 6.96. The molecule has 1 N–H and O–H groups in total. The Balaban J connectivity index is 2.12. The maximum Gasteiger partial charge on any atom is 0.401 e. The number of benzene rings is 1. The highest BCUT2D eigenvalue weighted by Crippen LogP contribution is 2.19. The Morgan fingerprint density at radius 3 is 2.53 bits per heavy atom. The normalized spacial score (nSPS) is 17.6. The van der Waals surface area contributed by atoms with E-state index in [0.717, 1.165) is 12.1 Å². The van der Waals surface area contributed by atoms with Gasteiger partial charge in [0, 0.05) is 26.2 Å². The average Bonchev–Trinajstić information content (AvgIpc) is 2.88. The van der Waals surface area contributed by atoms with Crippen molar-refractivity contribution in [2.75, 3.05) is 44.7 Å². The number of halogens is 4. The fraction of sp³-hybridized carbons (Fsp3) is 0.611. The molecule has 0 bridgehead atoms. The first kappa shape index (κ1) is 24.9. The van der Waals surface area contributed by atoms with Crippen molar-refractivity contribution in [2.24, 2.45) is 0 Å². The van der Waals surface area contributed by atoms with E-state index in [1.165, 1.54) is 33.7 Å². The molecule has 30 heavy (non-hydrogen) atoms. The van der Waals surface area contributed by atoms with Gasteiger partial charge >= 0.3 is 6.18 Å². The van der Waals surface area contributed by atoms with Crippen LogP contribution in [0.2, 0.25) is 0 Å². The Bertz CT molecular complexity index is 821. The minimum Gasteiger partial charge on any atom is -0.340 e. The van der Waals surface area contributed by atoms with E-state index in [1.807, 2.05) is 0 Å². The molecule has 1 aliphatic heterocycles. The topological polar surface area (TPSA) is 69.7 Å². The van der Waals surface area contributed by atoms with Crippen molar-refractivity contribution in [3.05, 3.63) is 30.1 Å². The molecule has 1 aromatic rings. The average molecular weight is 472 g/mol. The summed E-state index contributed by atoms with van der Waals surface area (Å²) in [5, 5.41) is 0. The van der Waals surface area contributed by atoms with Gasteiger partial charge in [0.25, 0.3) is 0 Å². The zero-order valence-corrected chi connectivity index (χ0v) is 18.1. The van der Waals surface area contributed by atoms with Gasteiger partial charge in [-0.05, 0) is 37.0 Å². The molecule has 12 heteroatoms. The first-order valence-corrected chi connectivity index (χ1v) is 12.2. The summed E-state index contributed by atoms with van der Waals surface area (Å²) in [5.41, 5.74) is 0. The molecule has 0 spiro atoms. The highest BCUT2D eigenvalue weighted by Gasteiger charge is 2.34. The predicted octanol–water partition coefficient (Wildman–Crippen LogP) is 2.32. The SMILES string of the molecule is CSCCC(NS(=O)(=O)c1ccccc1F)C(=O)N1CCCN(CC(F)(F)F)CC1. The van der Waals surface area contributed by atoms with Crippen LogP contribution in [0.1, 0.15) is 12.8 Å². The number of amides is 1. The summed E-state index contributed by atoms with van der Waals surface area (Å²) in [7, 11) is -4.29. The minimum atomic E-state index is -4.32. The zero-order valence-electron chi connectivity index (χ0n) is 16.5. The summed E-state index contributed by atoms with van der Waals surface area (Å²) in [6.07, 6.45) is -2.00. The molecule has 0 radical (unpaired) electrons. The summed E-state index contributed by atoms with van der Waals surface area (Å²) in [4.78, 5) is 15.1. The zero-order chi connectivity index (χ0) is 22.4. The number of hydrogen-bond donors (Lipinski definition) is 1. The van der Waals surface area contributed by atoms with E-state index in [0.29, 0.717) is 12.2 Å². The van der Waals surface area contributed by atoms with Crippen LogP contribution in [0.25, 0.3) is 0 Å². The van der Waals surface area contributed by atoms with Gasteiger partial charge in [-0.15, -0.1) is 0 Å². The second-order valence-corrected chi connectivity index (χ2v) is 9.62. The van der Waals surface area contributed by atoms with Crippen molar-refractivity contribution < 1.29 is 30.8 Å². The van der Waals surface area contributed by atoms with E-state index < -0.39 is 45.4 Å². The van der Waals surface area contributed by atoms with Crippen LogP contribution in [-0.2, 0) is 14.8 Å². The van der Waals surface area contributed by atoms with Gasteiger partial charge < -0.3 is 4.90 Å². The predicted molar refractivity (Wildman–Crippen MR) is 107 cm³/mol. The lowest BCUT2D eigenvalue weighted by atomic mass is 10.2. The molecule has 1 aromatic carbocycles. The van der Waals surface area contributed by atoms with E-state index in [-0.39, 0.29) is 32.6 Å². The lowest BCUT2D eigenvalue weighted by Crippen LogP contribution is -2.50. The first-order valence-electron chi connectivity index (χ1n) is 9.37. The Morgan fingerprint density at radius 1 is 1.20 bits per heavy atom. The highest BCUT2D eigenvalue weighted by atomic mass is 32.2. The number of nitrogens with zero attached hydrogens (tertiary/aromatic N) is 2. The smallest absolute Gasteiger partial charge is 0.340 e. The van der Waals surface area contributed by atoms with Gasteiger partial charge in [0.15, 0.2) is 0 Å². The van der Waals surface area contributed by atoms with Crippen molar-refractivity contribution in [1.29, 1.82) is 0 Å². The molecule has 1 aliphatic rings. The fourth-order valence-corrected chi connectivity index (χ4v) is 4.98. The second kappa shape index (κ2) is 10.8. The summed E-state index contributed by atoms with van der Waals surface area (Å²) in [6.45, 7) is -0.526. The third kappa shape index (κ3) is 7.40. The van der Waals surface area contributed by atoms with E-state index in [2.05, 4.69) is 4.72 Å². The first-order chi connectivity index (χ1) is 14.0. The van der Waals surface area contributed by atoms with Crippen LogP contribution in [0.4, 0.5) is 17.6 Å². The molecule has 1 amide bonds. The monoisotopic (exact) mass is 471 g/mol. The van der Waals surface area contributed by atoms with Crippen LogP contribution in [0, 0.1) is 5.82 Å². The molecule has 2 rings (SSSR count). The summed E-state index contributed by atoms with van der Waals surface area (Å²) in [6, 6.07) is 3.72. The molecule has 1 saturated heterocycles. The molecule has 0 aliphatic carbocycles. The van der Waals surface area contributed by atoms with Gasteiger partial charge in [0.1, 0.15) is 16.8 Å². The summed E-state index contributed by atoms with van der Waals surface area (Å²) < 4.78 is 79.4. The third-order valence-corrected chi connectivity index (χ3v) is 6.78. The lowest BCUT2D eigenvalue weighted by Gasteiger charge is -2.27. The van der Waals surface area contributed by atoms with E-state index in [4.69, 9.17) is 0 Å².